The molecular formula is C46H74N20O32P6S2. The number of nitrogen functional groups attached to an aromatic ring is 2. The molecule has 0 saturated carbocycles. The number of amides is 8. The van der Waals surface area contributed by atoms with Crippen LogP contribution in [0, 0.1) is 0 Å². The van der Waals surface area contributed by atoms with Gasteiger partial charge in [0.15, 0.2) is 47.0 Å². The van der Waals surface area contributed by atoms with Crippen LogP contribution in [0.15, 0.2) is 22.2 Å². The van der Waals surface area contributed by atoms with E-state index in [1.165, 1.54) is 0 Å². The van der Waals surface area contributed by atoms with E-state index in [1.807, 2.05) is 0 Å². The number of aliphatic hydroxyl groups is 2. The van der Waals surface area contributed by atoms with Crippen LogP contribution < -0.4 is 74.8 Å². The second-order valence-electron chi connectivity index (χ2n) is 23.7. The Balaban J connectivity index is 0.000000245. The molecule has 0 aliphatic carbocycles. The summed E-state index contributed by atoms with van der Waals surface area (Å²) in [6.45, 7) is -2.44. The van der Waals surface area contributed by atoms with Crippen molar-refractivity contribution in [2.45, 2.75) is 135 Å². The van der Waals surface area contributed by atoms with E-state index in [2.05, 4.69) is 90.1 Å². The summed E-state index contributed by atoms with van der Waals surface area (Å²) in [5, 5.41) is 44.3. The van der Waals surface area contributed by atoms with Crippen LogP contribution in [0.5, 0.6) is 0 Å². The first-order chi connectivity index (χ1) is 49.6. The SMILES string of the molecule is Nc1nc2c(ncn2[C@@H]2O[C@H](COP(=O)(O)OP(=O)(O)NP(=O)(O)O)[C@@H](O)[C@H]2OC(=O)NCCNC(=O)CCCC[C@@H]2SC[C@@H]3NC(=O)N[C@@H]32)c(=O)[nH]1.Nc1nc2c(ncn2[C@@H]2O[C@H](COP(=O)(O)OP(=O)(O)NP(=O)(O)O)[C@@H](OC(=O)NCCNC(=O)CCCC[C@@H]3SC[C@@H]4NC(=O)N[C@@H]43)[C@H]2O)c(=O)[nH]1. The van der Waals surface area contributed by atoms with Crippen LogP contribution in [0.1, 0.15) is 63.8 Å². The van der Waals surface area contributed by atoms with E-state index in [1.54, 1.807) is 23.5 Å². The summed E-state index contributed by atoms with van der Waals surface area (Å²) < 4.78 is 112. The fourth-order valence-corrected chi connectivity index (χ4v) is 21.5. The van der Waals surface area contributed by atoms with Gasteiger partial charge in [0.2, 0.25) is 23.7 Å². The maximum atomic E-state index is 12.8. The topological polar surface area (TPSA) is 780 Å². The molecule has 0 bridgehead atoms. The van der Waals surface area contributed by atoms with Crippen molar-refractivity contribution in [2.24, 2.45) is 0 Å². The van der Waals surface area contributed by atoms with E-state index in [0.29, 0.717) is 12.8 Å². The van der Waals surface area contributed by atoms with Crippen molar-refractivity contribution in [1.82, 2.24) is 91.3 Å². The highest BCUT2D eigenvalue weighted by molar-refractivity contribution is 8.00. The Morgan fingerprint density at radius 1 is 0.557 bits per heavy atom. The first kappa shape index (κ1) is 83.7. The molecule has 6 fully saturated rings. The molecule has 60 heteroatoms. The monoisotopic (exact) mass is 1670 g/mol. The van der Waals surface area contributed by atoms with Crippen molar-refractivity contribution in [3.63, 3.8) is 0 Å². The molecule has 10 heterocycles. The Labute approximate surface area is 602 Å². The molecule has 592 valence electrons. The van der Waals surface area contributed by atoms with Crippen molar-refractivity contribution in [3.8, 4) is 0 Å². The fourth-order valence-electron chi connectivity index (χ4n) is 11.5. The molecule has 4 aromatic rings. The third-order valence-electron chi connectivity index (χ3n) is 15.9. The third-order valence-corrected chi connectivity index (χ3v) is 27.4. The summed E-state index contributed by atoms with van der Waals surface area (Å²) in [4.78, 5) is 194. The van der Waals surface area contributed by atoms with Gasteiger partial charge in [-0.1, -0.05) is 12.8 Å². The number of ether oxygens (including phenoxy) is 4. The standard InChI is InChI=1S/2C23H37N10O16P3S/c24-21-30-18-15(19(36)31-21)27-9-33(18)20-16(35)17(11(47-20)7-46-52(44,45)49-51(42,43)32-50(39,40)41)48-23(38)26-6-5-25-13(34)4-2-1-3-12-14-10(8-53-12)28-22(37)29-14;24-21-30-18-15(19(36)31-21)27-9-33(18)20-17(16(35)11(47-20)7-46-52(44,45)49-51(42,43)32-50(39,40)41)48-23(38)26-6-5-25-13(34)4-2-1-3-12-14-10(8-53-12)28-22(37)29-14/h2*9-12,14,16-17,20,35H,1-8H2,(H,25,34)(H,26,38)(H,44,45)(H2,28,29,37)(H3,24,30,31,36)(H4,32,39,40,41,42,43)/t2*10-,11+,12-,14-,16+,17+,20+/m00/s1. The van der Waals surface area contributed by atoms with E-state index in [-0.39, 0.29) is 132 Å². The number of rotatable bonds is 34. The zero-order valence-corrected chi connectivity index (χ0v) is 61.3. The number of nitrogens with zero attached hydrogens (tertiary/aromatic N) is 6. The maximum Gasteiger partial charge on any atom is 0.480 e. The molecular weight excluding hydrogens is 1590 g/mol. The second kappa shape index (κ2) is 35.1. The van der Waals surface area contributed by atoms with Crippen LogP contribution in [-0.4, -0.2) is 247 Å². The average molecular weight is 1670 g/mol. The van der Waals surface area contributed by atoms with E-state index >= 15 is 0 Å². The molecule has 18 atom stereocenters. The Hall–Kier alpha value is -6.32. The minimum Gasteiger partial charge on any atom is -0.440 e. The van der Waals surface area contributed by atoms with E-state index in [9.17, 15) is 95.5 Å². The number of carbonyl (C=O) groups excluding carboxylic acids is 6. The summed E-state index contributed by atoms with van der Waals surface area (Å²) in [6.07, 6.45) is -8.79. The highest BCUT2D eigenvalue weighted by Gasteiger charge is 2.52. The number of carbonyl (C=O) groups is 6. The fraction of sp³-hybridized carbons (Fsp3) is 0.652. The zero-order valence-electron chi connectivity index (χ0n) is 54.3. The largest absolute Gasteiger partial charge is 0.480 e. The van der Waals surface area contributed by atoms with Crippen LogP contribution in [0.3, 0.4) is 0 Å². The predicted molar refractivity (Wildman–Crippen MR) is 359 cm³/mol. The lowest BCUT2D eigenvalue weighted by atomic mass is 10.0. The number of imidazole rings is 2. The van der Waals surface area contributed by atoms with Crippen LogP contribution >= 0.6 is 70.2 Å². The number of unbranched alkanes of at least 4 members (excludes halogenated alkanes) is 2. The molecule has 0 aromatic carbocycles. The summed E-state index contributed by atoms with van der Waals surface area (Å²) in [7, 11) is -33.3. The van der Waals surface area contributed by atoms with Gasteiger partial charge in [0.25, 0.3) is 11.1 Å². The van der Waals surface area contributed by atoms with Crippen LogP contribution in [0.4, 0.5) is 31.1 Å². The number of nitrogens with one attached hydrogen (secondary N) is 12. The Bertz CT molecular complexity index is 4320. The van der Waals surface area contributed by atoms with Gasteiger partial charge in [-0.2, -0.15) is 42.1 Å². The number of aliphatic hydroxyl groups excluding tert-OH is 2. The molecule has 4 unspecified atom stereocenters. The van der Waals surface area contributed by atoms with Crippen molar-refractivity contribution < 1.29 is 142 Å². The normalized spacial score (nSPS) is 27.7. The van der Waals surface area contributed by atoms with Crippen molar-refractivity contribution in [3.05, 3.63) is 33.4 Å². The lowest BCUT2D eigenvalue weighted by Gasteiger charge is -2.22. The van der Waals surface area contributed by atoms with E-state index in [0.717, 1.165) is 68.7 Å². The number of phosphoric ester groups is 2. The van der Waals surface area contributed by atoms with Gasteiger partial charge in [-0.05, 0) is 25.7 Å². The number of aromatic nitrogens is 8. The predicted octanol–water partition coefficient (Wildman–Crippen LogP) is -4.37. The Morgan fingerprint density at radius 3 is 1.41 bits per heavy atom. The van der Waals surface area contributed by atoms with Gasteiger partial charge in [0.05, 0.1) is 50.0 Å². The van der Waals surface area contributed by atoms with Crippen molar-refractivity contribution in [2.75, 3.05) is 62.4 Å². The quantitative estimate of drug-likeness (QED) is 0.0119. The highest BCUT2D eigenvalue weighted by atomic mass is 32.2. The molecule has 4 aromatic heterocycles. The molecule has 6 aliphatic rings. The number of anilines is 2. The van der Waals surface area contributed by atoms with Gasteiger partial charge in [-0.3, -0.25) is 47.3 Å². The highest BCUT2D eigenvalue weighted by Crippen LogP contribution is 2.62. The molecule has 0 spiro atoms. The molecule has 52 nitrogen and oxygen atoms in total. The van der Waals surface area contributed by atoms with Gasteiger partial charge >= 0.3 is 70.9 Å². The van der Waals surface area contributed by atoms with Crippen LogP contribution in [-0.2, 0) is 73.6 Å². The molecule has 26 N–H and O–H groups in total. The average Bonchev–Trinajstić information content (AvgIpc) is 1.62. The number of H-pyrrole nitrogens is 2. The number of fused-ring (bicyclic) bond motifs is 4. The van der Waals surface area contributed by atoms with E-state index < -0.39 is 132 Å². The molecule has 10 rings (SSSR count). The summed E-state index contributed by atoms with van der Waals surface area (Å²) in [6, 6.07) is 0.0427. The Morgan fingerprint density at radius 2 is 0.962 bits per heavy atom. The summed E-state index contributed by atoms with van der Waals surface area (Å²) in [5.41, 5.74) is 8.96. The van der Waals surface area contributed by atoms with Gasteiger partial charge in [0.1, 0.15) is 24.4 Å². The minimum atomic E-state index is -5.62. The summed E-state index contributed by atoms with van der Waals surface area (Å²) in [5.74, 6) is 0.475. The summed E-state index contributed by atoms with van der Waals surface area (Å²) >= 11 is 3.55. The molecule has 6 aliphatic heterocycles. The Kier molecular flexibility index (Phi) is 27.8. The number of urea groups is 2. The van der Waals surface area contributed by atoms with Gasteiger partial charge < -0.3 is 122 Å². The first-order valence-electron chi connectivity index (χ1n) is 31.3. The molecule has 0 radical (unpaired) electrons. The number of aromatic amines is 2. The maximum absolute atomic E-state index is 12.8. The number of hydrogen-bond donors (Lipinski definition) is 24. The van der Waals surface area contributed by atoms with Gasteiger partial charge in [-0.25, -0.2) is 56.5 Å². The lowest BCUT2D eigenvalue weighted by molar-refractivity contribution is -0.122. The van der Waals surface area contributed by atoms with Crippen molar-refractivity contribution >= 4 is 140 Å². The number of alkyl carbamates (subject to hydrolysis) is 2. The molecule has 106 heavy (non-hydrogen) atoms. The zero-order chi connectivity index (χ0) is 77.4. The lowest BCUT2D eigenvalue weighted by Crippen LogP contribution is -2.42. The van der Waals surface area contributed by atoms with Crippen molar-refractivity contribution in [1.29, 1.82) is 0 Å². The number of nitrogens with two attached hydrogens (primary N) is 2. The smallest absolute Gasteiger partial charge is 0.440 e. The van der Waals surface area contributed by atoms with E-state index in [4.69, 9.17) is 50.0 Å². The number of thioether (sulfide) groups is 2. The molecule has 8 amide bonds. The second-order valence-corrected chi connectivity index (χ2v) is 35.8. The first-order valence-corrected chi connectivity index (χ1v) is 42.7. The van der Waals surface area contributed by atoms with Crippen LogP contribution in [0.25, 0.3) is 22.3 Å². The third kappa shape index (κ3) is 23.4. The number of hydrogen-bond acceptors (Lipinski definition) is 32. The van der Waals surface area contributed by atoms with Gasteiger partial charge in [-0.15, -0.1) is 9.72 Å². The number of phosphoric acid groups is 2. The molecule has 6 saturated heterocycles. The van der Waals surface area contributed by atoms with Crippen LogP contribution in [0.2, 0.25) is 0 Å². The van der Waals surface area contributed by atoms with Gasteiger partial charge in [0, 0.05) is 61.0 Å². The minimum absolute atomic E-state index is 0.00693.